The SMILES string of the molecule is Cc1cc([N+](=O)[O-])ccc1NC(=O)C[C@@H]1SC(N=C(N)N)=NC1=O. The van der Waals surface area contributed by atoms with E-state index in [4.69, 9.17) is 11.5 Å². The third kappa shape index (κ3) is 4.29. The van der Waals surface area contributed by atoms with E-state index in [0.717, 1.165) is 11.8 Å². The molecule has 1 heterocycles. The van der Waals surface area contributed by atoms with Gasteiger partial charge in [-0.25, -0.2) is 0 Å². The molecule has 0 bridgehead atoms. The maximum Gasteiger partial charge on any atom is 0.269 e. The van der Waals surface area contributed by atoms with E-state index in [1.807, 2.05) is 0 Å². The van der Waals surface area contributed by atoms with Gasteiger partial charge in [0.1, 0.15) is 5.25 Å². The van der Waals surface area contributed by atoms with Crippen molar-refractivity contribution in [2.24, 2.45) is 21.5 Å². The first-order chi connectivity index (χ1) is 11.3. The van der Waals surface area contributed by atoms with E-state index in [2.05, 4.69) is 15.3 Å². The molecule has 10 nitrogen and oxygen atoms in total. The molecule has 0 unspecified atom stereocenters. The Kier molecular flexibility index (Phi) is 5.14. The lowest BCUT2D eigenvalue weighted by molar-refractivity contribution is -0.384. The van der Waals surface area contributed by atoms with Gasteiger partial charge in [0.15, 0.2) is 11.1 Å². The number of aryl methyl sites for hydroxylation is 1. The molecule has 2 amide bonds. The van der Waals surface area contributed by atoms with E-state index < -0.39 is 22.0 Å². The fraction of sp³-hybridized carbons (Fsp3) is 0.231. The molecule has 1 atom stereocenters. The second-order valence-electron chi connectivity index (χ2n) is 4.88. The van der Waals surface area contributed by atoms with Crippen molar-refractivity contribution in [2.75, 3.05) is 5.32 Å². The molecule has 1 aliphatic rings. The number of non-ortho nitro benzene ring substituents is 1. The summed E-state index contributed by atoms with van der Waals surface area (Å²) in [7, 11) is 0. The van der Waals surface area contributed by atoms with Crippen molar-refractivity contribution in [3.63, 3.8) is 0 Å². The standard InChI is InChI=1S/C13H14N6O4S/c1-6-4-7(19(22)23)2-3-8(6)16-10(20)5-9-11(21)17-13(24-9)18-12(14)15/h2-4,9H,5H2,1H3,(H,16,20)(H4,14,15,17,18,21)/t9-/m0/s1. The van der Waals surface area contributed by atoms with Crippen LogP contribution < -0.4 is 16.8 Å². The van der Waals surface area contributed by atoms with Crippen LogP contribution in [0, 0.1) is 17.0 Å². The number of nitrogens with two attached hydrogens (primary N) is 2. The van der Waals surface area contributed by atoms with Gasteiger partial charge in [-0.05, 0) is 18.6 Å². The Balaban J connectivity index is 1.99. The predicted octanol–water partition coefficient (Wildman–Crippen LogP) is 0.503. The fourth-order valence-electron chi connectivity index (χ4n) is 1.93. The summed E-state index contributed by atoms with van der Waals surface area (Å²) >= 11 is 0.999. The van der Waals surface area contributed by atoms with Gasteiger partial charge in [0, 0.05) is 24.2 Å². The molecule has 0 aromatic heterocycles. The highest BCUT2D eigenvalue weighted by Gasteiger charge is 2.30. The van der Waals surface area contributed by atoms with Gasteiger partial charge in [0.05, 0.1) is 4.92 Å². The van der Waals surface area contributed by atoms with Crippen molar-refractivity contribution in [3.8, 4) is 0 Å². The molecule has 0 fully saturated rings. The fourth-order valence-corrected chi connectivity index (χ4v) is 2.88. The lowest BCUT2D eigenvalue weighted by Gasteiger charge is -2.10. The summed E-state index contributed by atoms with van der Waals surface area (Å²) in [5, 5.41) is 12.7. The number of hydrogen-bond acceptors (Lipinski definition) is 6. The van der Waals surface area contributed by atoms with Crippen LogP contribution in [0.25, 0.3) is 0 Å². The van der Waals surface area contributed by atoms with Crippen LogP contribution in [0.2, 0.25) is 0 Å². The number of hydrogen-bond donors (Lipinski definition) is 3. The lowest BCUT2D eigenvalue weighted by atomic mass is 10.1. The van der Waals surface area contributed by atoms with Crippen molar-refractivity contribution in [2.45, 2.75) is 18.6 Å². The first-order valence-electron chi connectivity index (χ1n) is 6.70. The van der Waals surface area contributed by atoms with Gasteiger partial charge in [-0.2, -0.15) is 9.98 Å². The summed E-state index contributed by atoms with van der Waals surface area (Å²) in [5.41, 5.74) is 11.3. The molecular weight excluding hydrogens is 336 g/mol. The molecule has 5 N–H and O–H groups in total. The quantitative estimate of drug-likeness (QED) is 0.307. The number of amidine groups is 1. The van der Waals surface area contributed by atoms with Crippen LogP contribution in [0.5, 0.6) is 0 Å². The van der Waals surface area contributed by atoms with E-state index in [1.165, 1.54) is 18.2 Å². The van der Waals surface area contributed by atoms with Crippen molar-refractivity contribution in [3.05, 3.63) is 33.9 Å². The summed E-state index contributed by atoms with van der Waals surface area (Å²) in [5.74, 6) is -1.13. The smallest absolute Gasteiger partial charge is 0.269 e. The number of nitro groups is 1. The molecule has 11 heteroatoms. The van der Waals surface area contributed by atoms with Gasteiger partial charge in [-0.1, -0.05) is 11.8 Å². The second-order valence-corrected chi connectivity index (χ2v) is 6.05. The lowest BCUT2D eigenvalue weighted by Crippen LogP contribution is -2.23. The predicted molar refractivity (Wildman–Crippen MR) is 90.7 cm³/mol. The number of nitro benzene ring substituents is 1. The van der Waals surface area contributed by atoms with Crippen molar-refractivity contribution < 1.29 is 14.5 Å². The number of guanidine groups is 1. The molecule has 1 aromatic carbocycles. The van der Waals surface area contributed by atoms with Crippen LogP contribution in [0.15, 0.2) is 28.2 Å². The van der Waals surface area contributed by atoms with E-state index in [-0.39, 0.29) is 23.2 Å². The molecule has 2 rings (SSSR count). The molecular formula is C13H14N6O4S. The maximum atomic E-state index is 12.1. The molecule has 1 aliphatic heterocycles. The number of carbonyl (C=O) groups excluding carboxylic acids is 2. The molecule has 0 spiro atoms. The first-order valence-corrected chi connectivity index (χ1v) is 7.58. The van der Waals surface area contributed by atoms with E-state index in [9.17, 15) is 19.7 Å². The highest BCUT2D eigenvalue weighted by molar-refractivity contribution is 8.15. The van der Waals surface area contributed by atoms with Crippen LogP contribution >= 0.6 is 11.8 Å². The van der Waals surface area contributed by atoms with Crippen LogP contribution in [0.3, 0.4) is 0 Å². The Labute approximate surface area is 140 Å². The van der Waals surface area contributed by atoms with Crippen molar-refractivity contribution >= 4 is 46.1 Å². The summed E-state index contributed by atoms with van der Waals surface area (Å²) in [6.07, 6.45) is -0.118. The molecule has 0 aliphatic carbocycles. The zero-order valence-electron chi connectivity index (χ0n) is 12.6. The van der Waals surface area contributed by atoms with Crippen LogP contribution in [-0.4, -0.2) is 33.1 Å². The number of benzene rings is 1. The van der Waals surface area contributed by atoms with Crippen LogP contribution in [0.1, 0.15) is 12.0 Å². The van der Waals surface area contributed by atoms with Crippen molar-refractivity contribution in [1.29, 1.82) is 0 Å². The summed E-state index contributed by atoms with van der Waals surface area (Å²) in [6, 6.07) is 4.08. The molecule has 126 valence electrons. The largest absolute Gasteiger partial charge is 0.370 e. The minimum absolute atomic E-state index is 0.0673. The maximum absolute atomic E-state index is 12.1. The third-order valence-corrected chi connectivity index (χ3v) is 4.07. The molecule has 1 aromatic rings. The Bertz CT molecular complexity index is 772. The number of thioether (sulfide) groups is 1. The minimum atomic E-state index is -0.707. The Morgan fingerprint density at radius 2 is 2.21 bits per heavy atom. The minimum Gasteiger partial charge on any atom is -0.370 e. The molecule has 0 saturated heterocycles. The van der Waals surface area contributed by atoms with Crippen molar-refractivity contribution in [1.82, 2.24) is 0 Å². The van der Waals surface area contributed by atoms with E-state index in [0.29, 0.717) is 11.3 Å². The summed E-state index contributed by atoms with van der Waals surface area (Å²) in [4.78, 5) is 41.3. The van der Waals surface area contributed by atoms with E-state index >= 15 is 0 Å². The zero-order valence-corrected chi connectivity index (χ0v) is 13.4. The van der Waals surface area contributed by atoms with Gasteiger partial charge in [-0.3, -0.25) is 19.7 Å². The number of anilines is 1. The third-order valence-electron chi connectivity index (χ3n) is 3.02. The average molecular weight is 350 g/mol. The normalized spacial score (nSPS) is 16.5. The van der Waals surface area contributed by atoms with Gasteiger partial charge in [-0.15, -0.1) is 0 Å². The second kappa shape index (κ2) is 7.08. The van der Waals surface area contributed by atoms with Gasteiger partial charge >= 0.3 is 0 Å². The topological polar surface area (TPSA) is 166 Å². The first kappa shape index (κ1) is 17.4. The van der Waals surface area contributed by atoms with Crippen LogP contribution in [0.4, 0.5) is 11.4 Å². The van der Waals surface area contributed by atoms with E-state index in [1.54, 1.807) is 6.92 Å². The number of nitrogens with zero attached hydrogens (tertiary/aromatic N) is 3. The van der Waals surface area contributed by atoms with Gasteiger partial charge in [0.2, 0.25) is 5.91 Å². The van der Waals surface area contributed by atoms with Gasteiger partial charge in [0.25, 0.3) is 11.6 Å². The Hall–Kier alpha value is -2.95. The number of amides is 2. The molecule has 0 radical (unpaired) electrons. The Morgan fingerprint density at radius 1 is 1.50 bits per heavy atom. The number of rotatable bonds is 4. The van der Waals surface area contributed by atoms with Gasteiger partial charge < -0.3 is 16.8 Å². The average Bonchev–Trinajstić information content (AvgIpc) is 2.79. The highest BCUT2D eigenvalue weighted by Crippen LogP contribution is 2.27. The van der Waals surface area contributed by atoms with Crippen LogP contribution in [-0.2, 0) is 9.59 Å². The highest BCUT2D eigenvalue weighted by atomic mass is 32.2. The summed E-state index contributed by atoms with van der Waals surface area (Å²) < 4.78 is 0. The molecule has 0 saturated carbocycles. The number of carbonyl (C=O) groups is 2. The number of aliphatic imine (C=N–C) groups is 2. The monoisotopic (exact) mass is 350 g/mol. The summed E-state index contributed by atoms with van der Waals surface area (Å²) in [6.45, 7) is 1.64. The number of nitrogens with one attached hydrogen (secondary N) is 1. The zero-order chi connectivity index (χ0) is 17.9. The Morgan fingerprint density at radius 3 is 2.79 bits per heavy atom. The molecule has 24 heavy (non-hydrogen) atoms.